The second-order valence-electron chi connectivity index (χ2n) is 10.1. The van der Waals surface area contributed by atoms with Crippen LogP contribution in [0.25, 0.3) is 0 Å². The van der Waals surface area contributed by atoms with E-state index in [9.17, 15) is 22.4 Å². The Labute approximate surface area is 210 Å². The summed E-state index contributed by atoms with van der Waals surface area (Å²) in [7, 11) is -1.07. The fourth-order valence-electron chi connectivity index (χ4n) is 4.18. The van der Waals surface area contributed by atoms with Gasteiger partial charge in [0.1, 0.15) is 5.82 Å². The van der Waals surface area contributed by atoms with Crippen LogP contribution < -0.4 is 21.0 Å². The number of benzene rings is 2. The Morgan fingerprint density at radius 1 is 1.03 bits per heavy atom. The lowest BCUT2D eigenvalue weighted by Gasteiger charge is -2.32. The minimum atomic E-state index is -4.72. The van der Waals surface area contributed by atoms with Gasteiger partial charge in [-0.25, -0.2) is 18.0 Å². The second kappa shape index (κ2) is 9.43. The summed E-state index contributed by atoms with van der Waals surface area (Å²) in [6.07, 6.45) is -4.34. The normalized spacial score (nSPS) is 20.9. The molecule has 0 aromatic heterocycles. The SMILES string of the molecule is CC1(C)OB(c2ccc(N3CC[C@@H](NC(=O)Nc4ccc(C(F)(F)F)cc4F)C3)c(F)c2F)OC1(C)C. The van der Waals surface area contributed by atoms with Crippen LogP contribution in [0.2, 0.25) is 0 Å². The lowest BCUT2D eigenvalue weighted by molar-refractivity contribution is -0.137. The fraction of sp³-hybridized carbons (Fsp3) is 0.458. The molecule has 2 N–H and O–H groups in total. The van der Waals surface area contributed by atoms with Gasteiger partial charge in [0.25, 0.3) is 0 Å². The van der Waals surface area contributed by atoms with Crippen molar-refractivity contribution in [3.8, 4) is 0 Å². The molecule has 0 bridgehead atoms. The van der Waals surface area contributed by atoms with Crippen molar-refractivity contribution < 1.29 is 40.4 Å². The third-order valence-corrected chi connectivity index (χ3v) is 7.01. The molecule has 200 valence electrons. The maximum absolute atomic E-state index is 15.0. The van der Waals surface area contributed by atoms with E-state index in [1.807, 2.05) is 0 Å². The first-order valence-corrected chi connectivity index (χ1v) is 11.6. The maximum atomic E-state index is 15.0. The molecule has 37 heavy (non-hydrogen) atoms. The average Bonchev–Trinajstić information content (AvgIpc) is 3.31. The van der Waals surface area contributed by atoms with Crippen molar-refractivity contribution >= 4 is 30.0 Å². The number of carbonyl (C=O) groups is 1. The van der Waals surface area contributed by atoms with Crippen molar-refractivity contribution in [2.45, 2.75) is 57.5 Å². The van der Waals surface area contributed by atoms with Crippen molar-refractivity contribution in [2.75, 3.05) is 23.3 Å². The Morgan fingerprint density at radius 2 is 1.68 bits per heavy atom. The highest BCUT2D eigenvalue weighted by molar-refractivity contribution is 6.62. The molecule has 2 saturated heterocycles. The molecule has 1 atom stereocenters. The minimum absolute atomic E-state index is 0.00346. The standard InChI is InChI=1S/C24H26BF6N3O3/c1-22(2)23(3,4)37-25(36-22)15-6-8-18(20(28)19(15)27)34-10-9-14(12-34)32-21(35)33-17-7-5-13(11-16(17)26)24(29,30)31/h5-8,11,14H,9-10,12H2,1-4H3,(H2,32,33,35)/t14-/m1/s1. The third kappa shape index (κ3) is 5.38. The lowest BCUT2D eigenvalue weighted by Crippen LogP contribution is -2.41. The van der Waals surface area contributed by atoms with Crippen molar-refractivity contribution in [1.29, 1.82) is 0 Å². The first-order chi connectivity index (χ1) is 17.1. The number of rotatable bonds is 4. The van der Waals surface area contributed by atoms with Gasteiger partial charge in [-0.05, 0) is 58.4 Å². The topological polar surface area (TPSA) is 62.8 Å². The van der Waals surface area contributed by atoms with Gasteiger partial charge < -0.3 is 24.8 Å². The summed E-state index contributed by atoms with van der Waals surface area (Å²) >= 11 is 0. The van der Waals surface area contributed by atoms with E-state index in [-0.39, 0.29) is 23.8 Å². The molecule has 0 radical (unpaired) electrons. The second-order valence-corrected chi connectivity index (χ2v) is 10.1. The maximum Gasteiger partial charge on any atom is 0.497 e. The molecule has 6 nitrogen and oxygen atoms in total. The summed E-state index contributed by atoms with van der Waals surface area (Å²) in [5.74, 6) is -3.41. The zero-order chi connectivity index (χ0) is 27.3. The smallest absolute Gasteiger partial charge is 0.399 e. The molecule has 0 spiro atoms. The van der Waals surface area contributed by atoms with Gasteiger partial charge in [-0.2, -0.15) is 13.2 Å². The van der Waals surface area contributed by atoms with Gasteiger partial charge in [-0.3, -0.25) is 0 Å². The number of hydrogen-bond acceptors (Lipinski definition) is 4. The van der Waals surface area contributed by atoms with Crippen LogP contribution in [0.3, 0.4) is 0 Å². The number of urea groups is 1. The molecule has 2 fully saturated rings. The van der Waals surface area contributed by atoms with Crippen molar-refractivity contribution in [3.05, 3.63) is 53.3 Å². The first-order valence-electron chi connectivity index (χ1n) is 11.6. The summed E-state index contributed by atoms with van der Waals surface area (Å²) < 4.78 is 93.8. The number of carbonyl (C=O) groups excluding carboxylic acids is 1. The van der Waals surface area contributed by atoms with Gasteiger partial charge in [-0.1, -0.05) is 6.07 Å². The van der Waals surface area contributed by atoms with Gasteiger partial charge in [-0.15, -0.1) is 0 Å². The number of alkyl halides is 3. The van der Waals surface area contributed by atoms with E-state index in [4.69, 9.17) is 9.31 Å². The number of halogens is 6. The number of nitrogens with one attached hydrogen (secondary N) is 2. The molecule has 2 aliphatic rings. The van der Waals surface area contributed by atoms with E-state index >= 15 is 8.78 Å². The molecular weight excluding hydrogens is 503 g/mol. The van der Waals surface area contributed by atoms with E-state index in [2.05, 4.69) is 10.6 Å². The predicted octanol–water partition coefficient (Wildman–Crippen LogP) is 4.82. The zero-order valence-corrected chi connectivity index (χ0v) is 20.6. The molecule has 2 aromatic carbocycles. The molecule has 0 saturated carbocycles. The Balaban J connectivity index is 1.39. The molecule has 2 aliphatic heterocycles. The monoisotopic (exact) mass is 529 g/mol. The number of hydrogen-bond donors (Lipinski definition) is 2. The van der Waals surface area contributed by atoms with Gasteiger partial charge >= 0.3 is 19.3 Å². The summed E-state index contributed by atoms with van der Waals surface area (Å²) in [5, 5.41) is 4.74. The third-order valence-electron chi connectivity index (χ3n) is 7.01. The van der Waals surface area contributed by atoms with Gasteiger partial charge in [0.05, 0.1) is 28.1 Å². The van der Waals surface area contributed by atoms with E-state index < -0.39 is 65.3 Å². The quantitative estimate of drug-likeness (QED) is 0.441. The van der Waals surface area contributed by atoms with Gasteiger partial charge in [0.2, 0.25) is 0 Å². The fourth-order valence-corrected chi connectivity index (χ4v) is 4.18. The summed E-state index contributed by atoms with van der Waals surface area (Å²) in [4.78, 5) is 13.8. The van der Waals surface area contributed by atoms with Gasteiger partial charge in [0.15, 0.2) is 11.6 Å². The van der Waals surface area contributed by atoms with E-state index in [0.29, 0.717) is 19.0 Å². The molecule has 0 aliphatic carbocycles. The van der Waals surface area contributed by atoms with Crippen LogP contribution in [0.15, 0.2) is 30.3 Å². The van der Waals surface area contributed by atoms with Crippen LogP contribution in [-0.2, 0) is 15.5 Å². The molecule has 2 amide bonds. The van der Waals surface area contributed by atoms with Crippen LogP contribution in [-0.4, -0.2) is 43.5 Å². The van der Waals surface area contributed by atoms with E-state index in [0.717, 1.165) is 6.07 Å². The largest absolute Gasteiger partial charge is 0.497 e. The highest BCUT2D eigenvalue weighted by Crippen LogP contribution is 2.37. The average molecular weight is 529 g/mol. The van der Waals surface area contributed by atoms with E-state index in [1.54, 1.807) is 32.6 Å². The molecule has 2 aromatic rings. The van der Waals surface area contributed by atoms with Crippen LogP contribution in [0, 0.1) is 17.5 Å². The zero-order valence-electron chi connectivity index (χ0n) is 20.6. The Bertz CT molecular complexity index is 1190. The molecular formula is C24H26BF6N3O3. The number of anilines is 2. The summed E-state index contributed by atoms with van der Waals surface area (Å²) in [5.41, 5.74) is -3.12. The Hall–Kier alpha value is -2.93. The van der Waals surface area contributed by atoms with Crippen molar-refractivity contribution in [2.24, 2.45) is 0 Å². The van der Waals surface area contributed by atoms with Crippen LogP contribution >= 0.6 is 0 Å². The Kier molecular flexibility index (Phi) is 6.91. The highest BCUT2D eigenvalue weighted by Gasteiger charge is 2.52. The molecule has 4 rings (SSSR count). The van der Waals surface area contributed by atoms with E-state index in [1.165, 1.54) is 12.1 Å². The van der Waals surface area contributed by atoms with Gasteiger partial charge in [0, 0.05) is 24.6 Å². The number of nitrogens with zero attached hydrogens (tertiary/aromatic N) is 1. The van der Waals surface area contributed by atoms with Crippen LogP contribution in [0.5, 0.6) is 0 Å². The predicted molar refractivity (Wildman–Crippen MR) is 126 cm³/mol. The molecule has 0 unspecified atom stereocenters. The highest BCUT2D eigenvalue weighted by atomic mass is 19.4. The van der Waals surface area contributed by atoms with Crippen LogP contribution in [0.4, 0.5) is 42.5 Å². The van der Waals surface area contributed by atoms with Crippen molar-refractivity contribution in [1.82, 2.24) is 5.32 Å². The van der Waals surface area contributed by atoms with Crippen molar-refractivity contribution in [3.63, 3.8) is 0 Å². The summed E-state index contributed by atoms with van der Waals surface area (Å²) in [6, 6.07) is 3.24. The Morgan fingerprint density at radius 3 is 2.27 bits per heavy atom. The summed E-state index contributed by atoms with van der Waals surface area (Å²) in [6.45, 7) is 7.63. The first kappa shape index (κ1) is 27.1. The lowest BCUT2D eigenvalue weighted by atomic mass is 9.78. The van der Waals surface area contributed by atoms with Crippen LogP contribution in [0.1, 0.15) is 39.7 Å². The molecule has 2 heterocycles. The molecule has 13 heteroatoms. The number of amides is 2. The minimum Gasteiger partial charge on any atom is -0.399 e.